The van der Waals surface area contributed by atoms with E-state index >= 15 is 0 Å². The molecule has 20 heavy (non-hydrogen) atoms. The maximum absolute atomic E-state index is 13.5. The number of ether oxygens (including phenoxy) is 1. The van der Waals surface area contributed by atoms with E-state index in [1.165, 1.54) is 12.1 Å². The smallest absolute Gasteiger partial charge is 0.145 e. The second-order valence-corrected chi connectivity index (χ2v) is 6.27. The molecule has 6 heteroatoms. The highest BCUT2D eigenvalue weighted by atomic mass is 79.9. The Kier molecular flexibility index (Phi) is 5.43. The summed E-state index contributed by atoms with van der Waals surface area (Å²) in [6.45, 7) is 0.503. The molecular formula is C14H11Br2ClFNO. The summed E-state index contributed by atoms with van der Waals surface area (Å²) in [5, 5.41) is 0.0437. The monoisotopic (exact) mass is 421 g/mol. The molecule has 0 radical (unpaired) electrons. The average molecular weight is 424 g/mol. The van der Waals surface area contributed by atoms with Gasteiger partial charge in [0.1, 0.15) is 17.3 Å². The van der Waals surface area contributed by atoms with Gasteiger partial charge in [0.05, 0.1) is 9.50 Å². The number of hydrogen-bond acceptors (Lipinski definition) is 2. The quantitative estimate of drug-likeness (QED) is 0.678. The third-order valence-electron chi connectivity index (χ3n) is 2.63. The van der Waals surface area contributed by atoms with Crippen LogP contribution in [0.15, 0.2) is 39.3 Å². The number of hydrogen-bond donors (Lipinski definition) is 1. The summed E-state index contributed by atoms with van der Waals surface area (Å²) in [7, 11) is 0. The van der Waals surface area contributed by atoms with Gasteiger partial charge in [-0.3, -0.25) is 0 Å². The molecule has 2 rings (SSSR count). The fraction of sp³-hybridized carbons (Fsp3) is 0.143. The maximum atomic E-state index is 13.5. The predicted molar refractivity (Wildman–Crippen MR) is 86.1 cm³/mol. The molecule has 106 valence electrons. The van der Waals surface area contributed by atoms with Crippen molar-refractivity contribution < 1.29 is 9.13 Å². The van der Waals surface area contributed by atoms with Crippen molar-refractivity contribution in [2.75, 3.05) is 6.54 Å². The summed E-state index contributed by atoms with van der Waals surface area (Å²) in [6, 6.07) is 8.32. The van der Waals surface area contributed by atoms with Crippen LogP contribution in [0.2, 0.25) is 5.02 Å². The molecule has 0 saturated heterocycles. The predicted octanol–water partition coefficient (Wildman–Crippen LogP) is 5.30. The second kappa shape index (κ2) is 6.89. The molecule has 0 fully saturated rings. The first-order chi connectivity index (χ1) is 9.51. The van der Waals surface area contributed by atoms with Gasteiger partial charge in [-0.15, -0.1) is 0 Å². The zero-order chi connectivity index (χ0) is 14.7. The van der Waals surface area contributed by atoms with Crippen LogP contribution in [0, 0.1) is 5.82 Å². The molecule has 0 saturated carbocycles. The van der Waals surface area contributed by atoms with Crippen LogP contribution in [0.4, 0.5) is 4.39 Å². The molecule has 0 heterocycles. The van der Waals surface area contributed by atoms with Crippen molar-refractivity contribution in [3.8, 4) is 11.5 Å². The Bertz CT molecular complexity index is 637. The summed E-state index contributed by atoms with van der Waals surface area (Å²) >= 11 is 12.4. The van der Waals surface area contributed by atoms with Gasteiger partial charge in [-0.1, -0.05) is 27.5 Å². The van der Waals surface area contributed by atoms with Gasteiger partial charge < -0.3 is 10.5 Å². The zero-order valence-corrected chi connectivity index (χ0v) is 14.2. The van der Waals surface area contributed by atoms with Crippen LogP contribution in [0.3, 0.4) is 0 Å². The molecular weight excluding hydrogens is 412 g/mol. The Balaban J connectivity index is 2.37. The van der Waals surface area contributed by atoms with Crippen LogP contribution in [-0.2, 0) is 6.42 Å². The average Bonchev–Trinajstić information content (AvgIpc) is 2.39. The second-order valence-electron chi connectivity index (χ2n) is 4.09. The Morgan fingerprint density at radius 1 is 1.15 bits per heavy atom. The molecule has 0 aromatic heterocycles. The first-order valence-electron chi connectivity index (χ1n) is 5.82. The van der Waals surface area contributed by atoms with Crippen molar-refractivity contribution in [2.24, 2.45) is 5.73 Å². The molecule has 0 unspecified atom stereocenters. The highest BCUT2D eigenvalue weighted by molar-refractivity contribution is 9.10. The SMILES string of the molecule is NCCc1cc(Br)ccc1Oc1cc(F)c(Cl)cc1Br. The molecule has 2 nitrogen and oxygen atoms in total. The van der Waals surface area contributed by atoms with Crippen molar-refractivity contribution in [1.82, 2.24) is 0 Å². The van der Waals surface area contributed by atoms with Gasteiger partial charge in [0.15, 0.2) is 0 Å². The van der Waals surface area contributed by atoms with E-state index in [0.29, 0.717) is 28.9 Å². The van der Waals surface area contributed by atoms with E-state index in [9.17, 15) is 4.39 Å². The minimum absolute atomic E-state index is 0.0437. The minimum atomic E-state index is -0.526. The van der Waals surface area contributed by atoms with Crippen molar-refractivity contribution in [1.29, 1.82) is 0 Å². The van der Waals surface area contributed by atoms with Gasteiger partial charge in [0.25, 0.3) is 0 Å². The third kappa shape index (κ3) is 3.73. The highest BCUT2D eigenvalue weighted by Crippen LogP contribution is 2.35. The van der Waals surface area contributed by atoms with Crippen molar-refractivity contribution in [2.45, 2.75) is 6.42 Å². The van der Waals surface area contributed by atoms with E-state index in [0.717, 1.165) is 10.0 Å². The summed E-state index contributed by atoms with van der Waals surface area (Å²) in [5.74, 6) is 0.482. The summed E-state index contributed by atoms with van der Waals surface area (Å²) < 4.78 is 20.8. The number of rotatable bonds is 4. The lowest BCUT2D eigenvalue weighted by Crippen LogP contribution is -2.04. The molecule has 0 spiro atoms. The molecule has 0 aliphatic rings. The van der Waals surface area contributed by atoms with E-state index in [-0.39, 0.29) is 5.02 Å². The summed E-state index contributed by atoms with van der Waals surface area (Å²) in [4.78, 5) is 0. The van der Waals surface area contributed by atoms with E-state index < -0.39 is 5.82 Å². The highest BCUT2D eigenvalue weighted by Gasteiger charge is 2.11. The number of benzene rings is 2. The topological polar surface area (TPSA) is 35.2 Å². The normalized spacial score (nSPS) is 10.7. The van der Waals surface area contributed by atoms with Crippen LogP contribution in [0.1, 0.15) is 5.56 Å². The molecule has 2 N–H and O–H groups in total. The lowest BCUT2D eigenvalue weighted by Gasteiger charge is -2.13. The van der Waals surface area contributed by atoms with Gasteiger partial charge in [-0.2, -0.15) is 0 Å². The van der Waals surface area contributed by atoms with Gasteiger partial charge >= 0.3 is 0 Å². The largest absolute Gasteiger partial charge is 0.456 e. The number of halogens is 4. The van der Waals surface area contributed by atoms with E-state index in [1.54, 1.807) is 0 Å². The van der Waals surface area contributed by atoms with Crippen molar-refractivity contribution in [3.05, 3.63) is 55.7 Å². The van der Waals surface area contributed by atoms with E-state index in [2.05, 4.69) is 31.9 Å². The lowest BCUT2D eigenvalue weighted by molar-refractivity contribution is 0.467. The molecule has 0 aliphatic heterocycles. The summed E-state index contributed by atoms with van der Waals surface area (Å²) in [5.41, 5.74) is 6.54. The van der Waals surface area contributed by atoms with Crippen LogP contribution < -0.4 is 10.5 Å². The van der Waals surface area contributed by atoms with Crippen molar-refractivity contribution in [3.63, 3.8) is 0 Å². The maximum Gasteiger partial charge on any atom is 0.145 e. The van der Waals surface area contributed by atoms with Crippen LogP contribution >= 0.6 is 43.5 Å². The van der Waals surface area contributed by atoms with Gasteiger partial charge in [-0.25, -0.2) is 4.39 Å². The summed E-state index contributed by atoms with van der Waals surface area (Å²) in [6.07, 6.45) is 0.669. The molecule has 0 aliphatic carbocycles. The minimum Gasteiger partial charge on any atom is -0.456 e. The van der Waals surface area contributed by atoms with Gasteiger partial charge in [0, 0.05) is 10.5 Å². The molecule has 2 aromatic carbocycles. The van der Waals surface area contributed by atoms with Crippen LogP contribution in [0.25, 0.3) is 0 Å². The van der Waals surface area contributed by atoms with Crippen LogP contribution in [0.5, 0.6) is 11.5 Å². The lowest BCUT2D eigenvalue weighted by atomic mass is 10.1. The number of nitrogens with two attached hydrogens (primary N) is 1. The fourth-order valence-corrected chi connectivity index (χ4v) is 2.83. The first kappa shape index (κ1) is 15.8. The molecule has 2 aromatic rings. The Morgan fingerprint density at radius 2 is 1.90 bits per heavy atom. The molecule has 0 bridgehead atoms. The standard InChI is InChI=1S/C14H11Br2ClFNO/c15-9-1-2-13(8(5-9)3-4-19)20-14-7-12(18)11(17)6-10(14)16/h1-2,5-7H,3-4,19H2. The van der Waals surface area contributed by atoms with Gasteiger partial charge in [0.2, 0.25) is 0 Å². The fourth-order valence-electron chi connectivity index (χ4n) is 1.70. The van der Waals surface area contributed by atoms with Crippen LogP contribution in [-0.4, -0.2) is 6.54 Å². The van der Waals surface area contributed by atoms with E-state index in [1.807, 2.05) is 18.2 Å². The zero-order valence-electron chi connectivity index (χ0n) is 10.3. The van der Waals surface area contributed by atoms with E-state index in [4.69, 9.17) is 22.1 Å². The van der Waals surface area contributed by atoms with Crippen molar-refractivity contribution >= 4 is 43.5 Å². The third-order valence-corrected chi connectivity index (χ3v) is 4.03. The Labute approximate surface area is 138 Å². The van der Waals surface area contributed by atoms with Gasteiger partial charge in [-0.05, 0) is 58.7 Å². The Morgan fingerprint density at radius 3 is 2.60 bits per heavy atom. The Hall–Kier alpha value is -0.620. The first-order valence-corrected chi connectivity index (χ1v) is 7.78. The molecule has 0 atom stereocenters. The molecule has 0 amide bonds.